The minimum absolute atomic E-state index is 0.101. The number of furan rings is 1. The van der Waals surface area contributed by atoms with Gasteiger partial charge in [-0.15, -0.1) is 0 Å². The fourth-order valence-electron chi connectivity index (χ4n) is 1.77. The van der Waals surface area contributed by atoms with Crippen molar-refractivity contribution in [2.75, 3.05) is 5.32 Å². The summed E-state index contributed by atoms with van der Waals surface area (Å²) in [5.74, 6) is 0.221. The number of carbonyl (C=O) groups excluding carboxylic acids is 1. The first-order chi connectivity index (χ1) is 9.86. The molecular formula is C13H15N3O4S. The van der Waals surface area contributed by atoms with Gasteiger partial charge in [-0.25, -0.2) is 4.98 Å². The number of nitro groups is 1. The maximum absolute atomic E-state index is 11.7. The molecule has 1 amide bonds. The molecule has 0 saturated heterocycles. The summed E-state index contributed by atoms with van der Waals surface area (Å²) in [5, 5.41) is 13.8. The number of amides is 1. The lowest BCUT2D eigenvalue weighted by atomic mass is 10.1. The summed E-state index contributed by atoms with van der Waals surface area (Å²) in [7, 11) is 0. The van der Waals surface area contributed by atoms with E-state index in [1.165, 1.54) is 23.5 Å². The molecule has 0 aliphatic carbocycles. The van der Waals surface area contributed by atoms with Crippen molar-refractivity contribution in [3.05, 3.63) is 27.9 Å². The van der Waals surface area contributed by atoms with Crippen LogP contribution in [0.25, 0.3) is 10.6 Å². The highest BCUT2D eigenvalue weighted by atomic mass is 32.1. The Labute approximate surface area is 125 Å². The van der Waals surface area contributed by atoms with E-state index in [0.29, 0.717) is 27.9 Å². The second-order valence-corrected chi connectivity index (χ2v) is 5.97. The fraction of sp³-hybridized carbons (Fsp3) is 0.385. The number of thiazole rings is 1. The van der Waals surface area contributed by atoms with Crippen molar-refractivity contribution in [2.24, 2.45) is 5.92 Å². The third-order valence-corrected chi connectivity index (χ3v) is 3.72. The summed E-state index contributed by atoms with van der Waals surface area (Å²) < 4.78 is 5.15. The fourth-order valence-corrected chi connectivity index (χ4v) is 2.71. The number of carbonyl (C=O) groups is 1. The van der Waals surface area contributed by atoms with Crippen LogP contribution in [0.1, 0.15) is 26.0 Å². The van der Waals surface area contributed by atoms with Crippen LogP contribution in [0.2, 0.25) is 0 Å². The van der Waals surface area contributed by atoms with E-state index in [-0.39, 0.29) is 17.7 Å². The summed E-state index contributed by atoms with van der Waals surface area (Å²) in [6.45, 7) is 5.68. The lowest BCUT2D eigenvalue weighted by Crippen LogP contribution is -2.13. The van der Waals surface area contributed by atoms with Crippen LogP contribution >= 0.6 is 11.3 Å². The summed E-state index contributed by atoms with van der Waals surface area (Å²) in [5.41, 5.74) is 0.657. The number of hydrogen-bond donors (Lipinski definition) is 1. The van der Waals surface area contributed by atoms with E-state index in [0.717, 1.165) is 0 Å². The molecule has 2 rings (SSSR count). The molecule has 0 fully saturated rings. The van der Waals surface area contributed by atoms with Gasteiger partial charge in [0.2, 0.25) is 5.91 Å². The Balaban J connectivity index is 2.18. The van der Waals surface area contributed by atoms with E-state index in [1.807, 2.05) is 13.8 Å². The molecule has 0 radical (unpaired) electrons. The molecule has 2 aromatic heterocycles. The zero-order chi connectivity index (χ0) is 15.6. The highest BCUT2D eigenvalue weighted by molar-refractivity contribution is 7.19. The molecule has 7 nitrogen and oxygen atoms in total. The summed E-state index contributed by atoms with van der Waals surface area (Å²) in [4.78, 5) is 26.7. The molecule has 0 saturated carbocycles. The standard InChI is InChI=1S/C13H15N3O4S/c1-7(2)6-10(17)15-13-14-8(3)12(21-13)9-4-5-11(20-9)16(18)19/h4-5,7H,6H2,1-3H3,(H,14,15,17). The molecule has 2 heterocycles. The topological polar surface area (TPSA) is 98.3 Å². The van der Waals surface area contributed by atoms with E-state index in [4.69, 9.17) is 4.42 Å². The minimum Gasteiger partial charge on any atom is -0.400 e. The van der Waals surface area contributed by atoms with Crippen LogP contribution in [0.4, 0.5) is 11.0 Å². The third-order valence-electron chi connectivity index (χ3n) is 2.63. The van der Waals surface area contributed by atoms with Gasteiger partial charge < -0.3 is 9.73 Å². The van der Waals surface area contributed by atoms with Crippen molar-refractivity contribution in [2.45, 2.75) is 27.2 Å². The molecule has 1 N–H and O–H groups in total. The molecule has 8 heteroatoms. The molecule has 21 heavy (non-hydrogen) atoms. The Bertz CT molecular complexity index is 675. The van der Waals surface area contributed by atoms with Crippen LogP contribution in [0, 0.1) is 23.0 Å². The Morgan fingerprint density at radius 2 is 2.24 bits per heavy atom. The van der Waals surface area contributed by atoms with Gasteiger partial charge in [0.15, 0.2) is 10.9 Å². The van der Waals surface area contributed by atoms with E-state index in [1.54, 1.807) is 6.92 Å². The zero-order valence-corrected chi connectivity index (χ0v) is 12.7. The molecule has 0 aliphatic heterocycles. The van der Waals surface area contributed by atoms with Crippen molar-refractivity contribution in [1.29, 1.82) is 0 Å². The first kappa shape index (κ1) is 15.2. The Kier molecular flexibility index (Phi) is 4.37. The molecule has 0 bridgehead atoms. The van der Waals surface area contributed by atoms with Gasteiger partial charge in [0.1, 0.15) is 4.92 Å². The number of aryl methyl sites for hydroxylation is 1. The second kappa shape index (κ2) is 6.04. The summed E-state index contributed by atoms with van der Waals surface area (Å²) in [6, 6.07) is 2.82. The van der Waals surface area contributed by atoms with E-state index in [9.17, 15) is 14.9 Å². The number of nitrogens with one attached hydrogen (secondary N) is 1. The van der Waals surface area contributed by atoms with Crippen LogP contribution in [0.3, 0.4) is 0 Å². The van der Waals surface area contributed by atoms with Crippen LogP contribution < -0.4 is 5.32 Å². The smallest absolute Gasteiger partial charge is 0.400 e. The molecule has 0 unspecified atom stereocenters. The van der Waals surface area contributed by atoms with Gasteiger partial charge >= 0.3 is 5.88 Å². The summed E-state index contributed by atoms with van der Waals surface area (Å²) in [6.07, 6.45) is 0.417. The Hall–Kier alpha value is -2.22. The van der Waals surface area contributed by atoms with E-state index < -0.39 is 4.92 Å². The van der Waals surface area contributed by atoms with Crippen molar-refractivity contribution in [3.63, 3.8) is 0 Å². The van der Waals surface area contributed by atoms with Gasteiger partial charge in [-0.1, -0.05) is 25.2 Å². The predicted molar refractivity (Wildman–Crippen MR) is 79.3 cm³/mol. The van der Waals surface area contributed by atoms with Gasteiger partial charge in [0, 0.05) is 6.42 Å². The van der Waals surface area contributed by atoms with Crippen molar-refractivity contribution >= 4 is 28.3 Å². The molecule has 0 spiro atoms. The molecular weight excluding hydrogens is 294 g/mol. The zero-order valence-electron chi connectivity index (χ0n) is 11.9. The largest absolute Gasteiger partial charge is 0.433 e. The number of rotatable bonds is 5. The van der Waals surface area contributed by atoms with Crippen LogP contribution in [0.15, 0.2) is 16.5 Å². The van der Waals surface area contributed by atoms with Gasteiger partial charge in [-0.05, 0) is 18.9 Å². The van der Waals surface area contributed by atoms with Gasteiger partial charge in [0.05, 0.1) is 16.6 Å². The highest BCUT2D eigenvalue weighted by Gasteiger charge is 2.18. The lowest BCUT2D eigenvalue weighted by molar-refractivity contribution is -0.401. The highest BCUT2D eigenvalue weighted by Crippen LogP contribution is 2.35. The Morgan fingerprint density at radius 3 is 2.81 bits per heavy atom. The van der Waals surface area contributed by atoms with Crippen LogP contribution in [-0.2, 0) is 4.79 Å². The van der Waals surface area contributed by atoms with Crippen molar-refractivity contribution < 1.29 is 14.1 Å². The number of aromatic nitrogens is 1. The molecule has 2 aromatic rings. The molecule has 0 aromatic carbocycles. The minimum atomic E-state index is -0.592. The van der Waals surface area contributed by atoms with Gasteiger partial charge in [-0.2, -0.15) is 0 Å². The van der Waals surface area contributed by atoms with Gasteiger partial charge in [-0.3, -0.25) is 14.9 Å². The van der Waals surface area contributed by atoms with Crippen LogP contribution in [-0.4, -0.2) is 15.8 Å². The molecule has 0 atom stereocenters. The average Bonchev–Trinajstić information content (AvgIpc) is 2.94. The van der Waals surface area contributed by atoms with E-state index in [2.05, 4.69) is 10.3 Å². The monoisotopic (exact) mass is 309 g/mol. The Morgan fingerprint density at radius 1 is 1.52 bits per heavy atom. The first-order valence-electron chi connectivity index (χ1n) is 6.38. The SMILES string of the molecule is Cc1nc(NC(=O)CC(C)C)sc1-c1ccc([N+](=O)[O-])o1. The van der Waals surface area contributed by atoms with Crippen molar-refractivity contribution in [1.82, 2.24) is 4.98 Å². The third kappa shape index (κ3) is 3.66. The average molecular weight is 309 g/mol. The van der Waals surface area contributed by atoms with Crippen molar-refractivity contribution in [3.8, 4) is 10.6 Å². The van der Waals surface area contributed by atoms with E-state index >= 15 is 0 Å². The lowest BCUT2D eigenvalue weighted by Gasteiger charge is -2.03. The van der Waals surface area contributed by atoms with Crippen LogP contribution in [0.5, 0.6) is 0 Å². The maximum atomic E-state index is 11.7. The number of nitrogens with zero attached hydrogens (tertiary/aromatic N) is 2. The quantitative estimate of drug-likeness (QED) is 0.672. The number of hydrogen-bond acceptors (Lipinski definition) is 6. The molecule has 0 aliphatic rings. The van der Waals surface area contributed by atoms with Gasteiger partial charge in [0.25, 0.3) is 0 Å². The number of anilines is 1. The first-order valence-corrected chi connectivity index (χ1v) is 7.20. The predicted octanol–water partition coefficient (Wildman–Crippen LogP) is 3.60. The molecule has 112 valence electrons. The summed E-state index contributed by atoms with van der Waals surface area (Å²) >= 11 is 1.23. The normalized spacial score (nSPS) is 10.9. The second-order valence-electron chi connectivity index (χ2n) is 4.97. The maximum Gasteiger partial charge on any atom is 0.433 e.